The highest BCUT2D eigenvalue weighted by Gasteiger charge is 2.18. The van der Waals surface area contributed by atoms with Gasteiger partial charge < -0.3 is 11.5 Å². The molecular weight excluding hydrogens is 212 g/mol. The molecule has 0 aliphatic heterocycles. The summed E-state index contributed by atoms with van der Waals surface area (Å²) in [7, 11) is 0. The van der Waals surface area contributed by atoms with Crippen LogP contribution in [0, 0.1) is 0 Å². The molecule has 14 heavy (non-hydrogen) atoms. The van der Waals surface area contributed by atoms with Crippen LogP contribution in [0.2, 0.25) is 0 Å². The van der Waals surface area contributed by atoms with E-state index in [1.165, 1.54) is 0 Å². The second-order valence-corrected chi connectivity index (χ2v) is 5.04. The molecule has 74 valence electrons. The first kappa shape index (κ1) is 9.86. The summed E-state index contributed by atoms with van der Waals surface area (Å²) in [4.78, 5) is 2.29. The van der Waals surface area contributed by atoms with Crippen LogP contribution >= 0.6 is 22.7 Å². The molecule has 0 aliphatic carbocycles. The van der Waals surface area contributed by atoms with Gasteiger partial charge in [-0.25, -0.2) is 0 Å². The molecule has 0 spiro atoms. The summed E-state index contributed by atoms with van der Waals surface area (Å²) >= 11 is 3.31. The predicted molar refractivity (Wildman–Crippen MR) is 62.5 cm³/mol. The molecule has 4 heteroatoms. The summed E-state index contributed by atoms with van der Waals surface area (Å²) in [5.41, 5.74) is 12.1. The van der Waals surface area contributed by atoms with E-state index >= 15 is 0 Å². The van der Waals surface area contributed by atoms with Crippen molar-refractivity contribution in [1.29, 1.82) is 0 Å². The maximum Gasteiger partial charge on any atom is 0.0593 e. The van der Waals surface area contributed by atoms with Gasteiger partial charge in [0.2, 0.25) is 0 Å². The van der Waals surface area contributed by atoms with Crippen LogP contribution < -0.4 is 11.5 Å². The summed E-state index contributed by atoms with van der Waals surface area (Å²) in [5, 5.41) is 4.05. The molecule has 0 saturated heterocycles. The predicted octanol–water partition coefficient (Wildman–Crippen LogP) is 2.51. The Hall–Kier alpha value is -0.680. The molecule has 2 nitrogen and oxygen atoms in total. The molecule has 0 aliphatic rings. The highest BCUT2D eigenvalue weighted by Crippen LogP contribution is 2.29. The van der Waals surface area contributed by atoms with Crippen molar-refractivity contribution in [1.82, 2.24) is 0 Å². The first-order valence-electron chi connectivity index (χ1n) is 4.37. The van der Waals surface area contributed by atoms with Crippen molar-refractivity contribution in [3.8, 4) is 0 Å². The first-order valence-corrected chi connectivity index (χ1v) is 6.13. The zero-order valence-corrected chi connectivity index (χ0v) is 9.22. The Morgan fingerprint density at radius 2 is 1.29 bits per heavy atom. The summed E-state index contributed by atoms with van der Waals surface area (Å²) in [6.07, 6.45) is 0. The molecule has 2 atom stereocenters. The summed E-state index contributed by atoms with van der Waals surface area (Å²) in [5.74, 6) is 0. The maximum absolute atomic E-state index is 6.07. The van der Waals surface area contributed by atoms with E-state index in [1.807, 2.05) is 35.0 Å². The molecule has 2 aromatic heterocycles. The lowest BCUT2D eigenvalue weighted by Crippen LogP contribution is -2.24. The van der Waals surface area contributed by atoms with Gasteiger partial charge in [-0.15, -0.1) is 22.7 Å². The smallest absolute Gasteiger partial charge is 0.0593 e. The fourth-order valence-corrected chi connectivity index (χ4v) is 2.87. The standard InChI is InChI=1S/C10H12N2S2/c11-9(7-3-1-5-13-7)10(12)8-4-2-6-14-8/h1-6,9-10H,11-12H2/t9-,10-/m0/s1. The third-order valence-electron chi connectivity index (χ3n) is 2.13. The Kier molecular flexibility index (Phi) is 2.98. The van der Waals surface area contributed by atoms with Gasteiger partial charge in [-0.2, -0.15) is 0 Å². The summed E-state index contributed by atoms with van der Waals surface area (Å²) in [6.45, 7) is 0. The highest BCUT2D eigenvalue weighted by molar-refractivity contribution is 7.10. The number of nitrogens with two attached hydrogens (primary N) is 2. The van der Waals surface area contributed by atoms with Gasteiger partial charge in [0, 0.05) is 9.75 Å². The Labute approximate surface area is 91.2 Å². The lowest BCUT2D eigenvalue weighted by Gasteiger charge is -2.16. The molecule has 0 fully saturated rings. The largest absolute Gasteiger partial charge is 0.322 e. The molecule has 2 aromatic rings. The quantitative estimate of drug-likeness (QED) is 0.841. The van der Waals surface area contributed by atoms with Crippen molar-refractivity contribution >= 4 is 22.7 Å². The Morgan fingerprint density at radius 3 is 1.57 bits per heavy atom. The second-order valence-electron chi connectivity index (χ2n) is 3.08. The molecule has 2 rings (SSSR count). The van der Waals surface area contributed by atoms with E-state index in [9.17, 15) is 0 Å². The number of hydrogen-bond donors (Lipinski definition) is 2. The summed E-state index contributed by atoms with van der Waals surface area (Å²) in [6, 6.07) is 7.88. The van der Waals surface area contributed by atoms with E-state index in [0.717, 1.165) is 9.75 Å². The van der Waals surface area contributed by atoms with Crippen LogP contribution in [0.4, 0.5) is 0 Å². The fourth-order valence-electron chi connectivity index (χ4n) is 1.32. The average molecular weight is 224 g/mol. The number of rotatable bonds is 3. The highest BCUT2D eigenvalue weighted by atomic mass is 32.1. The zero-order valence-electron chi connectivity index (χ0n) is 7.59. The molecule has 4 N–H and O–H groups in total. The fraction of sp³-hybridized carbons (Fsp3) is 0.200. The van der Waals surface area contributed by atoms with Crippen LogP contribution in [0.3, 0.4) is 0 Å². The van der Waals surface area contributed by atoms with E-state index < -0.39 is 0 Å². The maximum atomic E-state index is 6.07. The van der Waals surface area contributed by atoms with Crippen LogP contribution in [0.5, 0.6) is 0 Å². The van der Waals surface area contributed by atoms with Crippen LogP contribution in [-0.2, 0) is 0 Å². The van der Waals surface area contributed by atoms with Gasteiger partial charge in [0.15, 0.2) is 0 Å². The molecule has 0 saturated carbocycles. The lowest BCUT2D eigenvalue weighted by atomic mass is 10.1. The van der Waals surface area contributed by atoms with Gasteiger partial charge in [-0.1, -0.05) is 12.1 Å². The third-order valence-corrected chi connectivity index (χ3v) is 4.08. The molecule has 0 amide bonds. The lowest BCUT2D eigenvalue weighted by molar-refractivity contribution is 0.592. The molecule has 0 bridgehead atoms. The SMILES string of the molecule is N[C@@H](c1cccs1)[C@@H](N)c1cccs1. The van der Waals surface area contributed by atoms with Gasteiger partial charge in [-0.3, -0.25) is 0 Å². The van der Waals surface area contributed by atoms with Crippen molar-refractivity contribution in [3.63, 3.8) is 0 Å². The normalized spacial score (nSPS) is 15.3. The van der Waals surface area contributed by atoms with Crippen LogP contribution in [-0.4, -0.2) is 0 Å². The van der Waals surface area contributed by atoms with E-state index in [0.29, 0.717) is 0 Å². The topological polar surface area (TPSA) is 52.0 Å². The van der Waals surface area contributed by atoms with Gasteiger partial charge in [0.05, 0.1) is 12.1 Å². The minimum absolute atomic E-state index is 0.0892. The molecule has 0 radical (unpaired) electrons. The Balaban J connectivity index is 2.16. The Morgan fingerprint density at radius 1 is 0.857 bits per heavy atom. The monoisotopic (exact) mass is 224 g/mol. The van der Waals surface area contributed by atoms with Crippen molar-refractivity contribution in [3.05, 3.63) is 44.8 Å². The summed E-state index contributed by atoms with van der Waals surface area (Å²) < 4.78 is 0. The number of thiophene rings is 2. The van der Waals surface area contributed by atoms with Crippen molar-refractivity contribution in [2.75, 3.05) is 0 Å². The van der Waals surface area contributed by atoms with Crippen molar-refractivity contribution in [2.45, 2.75) is 12.1 Å². The van der Waals surface area contributed by atoms with Gasteiger partial charge in [0.25, 0.3) is 0 Å². The van der Waals surface area contributed by atoms with E-state index in [-0.39, 0.29) is 12.1 Å². The van der Waals surface area contributed by atoms with E-state index in [2.05, 4.69) is 0 Å². The molecule has 0 unspecified atom stereocenters. The van der Waals surface area contributed by atoms with Crippen LogP contribution in [0.25, 0.3) is 0 Å². The van der Waals surface area contributed by atoms with Gasteiger partial charge in [0.1, 0.15) is 0 Å². The van der Waals surface area contributed by atoms with Crippen LogP contribution in [0.15, 0.2) is 35.0 Å². The minimum Gasteiger partial charge on any atom is -0.322 e. The van der Waals surface area contributed by atoms with Crippen LogP contribution in [0.1, 0.15) is 21.8 Å². The van der Waals surface area contributed by atoms with Gasteiger partial charge in [-0.05, 0) is 22.9 Å². The zero-order chi connectivity index (χ0) is 9.97. The molecular formula is C10H12N2S2. The third kappa shape index (κ3) is 1.88. The van der Waals surface area contributed by atoms with E-state index in [1.54, 1.807) is 22.7 Å². The number of hydrogen-bond acceptors (Lipinski definition) is 4. The second kappa shape index (κ2) is 4.23. The van der Waals surface area contributed by atoms with E-state index in [4.69, 9.17) is 11.5 Å². The minimum atomic E-state index is -0.0892. The molecule has 0 aromatic carbocycles. The first-order chi connectivity index (χ1) is 6.79. The van der Waals surface area contributed by atoms with Crippen molar-refractivity contribution < 1.29 is 0 Å². The Bertz CT molecular complexity index is 328. The molecule has 2 heterocycles. The van der Waals surface area contributed by atoms with Crippen molar-refractivity contribution in [2.24, 2.45) is 11.5 Å². The van der Waals surface area contributed by atoms with Gasteiger partial charge >= 0.3 is 0 Å². The average Bonchev–Trinajstić information content (AvgIpc) is 2.87.